The van der Waals surface area contributed by atoms with E-state index in [0.29, 0.717) is 0 Å². The molecule has 2 nitrogen and oxygen atoms in total. The van der Waals surface area contributed by atoms with Crippen molar-refractivity contribution in [1.82, 2.24) is 0 Å². The van der Waals surface area contributed by atoms with Crippen LogP contribution < -0.4 is 4.74 Å². The maximum absolute atomic E-state index is 10.1. The first kappa shape index (κ1) is 11.6. The van der Waals surface area contributed by atoms with Gasteiger partial charge in [-0.25, -0.2) is 0 Å². The summed E-state index contributed by atoms with van der Waals surface area (Å²) in [4.78, 5) is 0.888. The molecule has 1 heterocycles. The maximum Gasteiger partial charge on any atom is 0.129 e. The highest BCUT2D eigenvalue weighted by Crippen LogP contribution is 2.31. The molecule has 1 unspecified atom stereocenters. The van der Waals surface area contributed by atoms with Gasteiger partial charge in [-0.05, 0) is 23.8 Å². The molecular weight excluding hydrogens is 288 g/mol. The molecule has 0 spiro atoms. The van der Waals surface area contributed by atoms with Crippen molar-refractivity contribution in [3.63, 3.8) is 0 Å². The van der Waals surface area contributed by atoms with Gasteiger partial charge in [0.2, 0.25) is 0 Å². The summed E-state index contributed by atoms with van der Waals surface area (Å²) < 4.78 is 6.10. The zero-order valence-electron chi connectivity index (χ0n) is 8.68. The van der Waals surface area contributed by atoms with Crippen molar-refractivity contribution in [1.29, 1.82) is 0 Å². The van der Waals surface area contributed by atoms with Gasteiger partial charge in [-0.15, -0.1) is 11.3 Å². The Hall–Kier alpha value is -0.840. The predicted molar refractivity (Wildman–Crippen MR) is 69.1 cm³/mol. The summed E-state index contributed by atoms with van der Waals surface area (Å²) in [5.41, 5.74) is 0.882. The number of aliphatic hydroxyl groups excluding tert-OH is 1. The summed E-state index contributed by atoms with van der Waals surface area (Å²) in [5.74, 6) is 0.788. The summed E-state index contributed by atoms with van der Waals surface area (Å²) in [6.07, 6.45) is -0.581. The van der Waals surface area contributed by atoms with E-state index in [9.17, 15) is 5.11 Å². The molecule has 1 aromatic heterocycles. The van der Waals surface area contributed by atoms with E-state index in [-0.39, 0.29) is 0 Å². The minimum Gasteiger partial charge on any atom is -0.496 e. The molecule has 0 aliphatic rings. The average molecular weight is 299 g/mol. The molecular formula is C12H11BrO2S. The van der Waals surface area contributed by atoms with Crippen molar-refractivity contribution in [3.05, 3.63) is 50.6 Å². The third-order valence-corrected chi connectivity index (χ3v) is 3.78. The van der Waals surface area contributed by atoms with Crippen LogP contribution in [-0.4, -0.2) is 12.2 Å². The molecule has 0 saturated heterocycles. The fourth-order valence-corrected chi connectivity index (χ4v) is 2.52. The minimum absolute atomic E-state index is 0.581. The van der Waals surface area contributed by atoms with Crippen LogP contribution in [0.25, 0.3) is 0 Å². The monoisotopic (exact) mass is 298 g/mol. The van der Waals surface area contributed by atoms with Crippen LogP contribution in [0.2, 0.25) is 0 Å². The number of halogens is 1. The first-order chi connectivity index (χ1) is 7.70. The minimum atomic E-state index is -0.581. The molecule has 84 valence electrons. The topological polar surface area (TPSA) is 29.5 Å². The van der Waals surface area contributed by atoms with Gasteiger partial charge < -0.3 is 9.84 Å². The third kappa shape index (κ3) is 2.45. The first-order valence-electron chi connectivity index (χ1n) is 4.76. The molecule has 0 fully saturated rings. The molecule has 2 aromatic rings. The molecule has 16 heavy (non-hydrogen) atoms. The fraction of sp³-hybridized carbons (Fsp3) is 0.167. The van der Waals surface area contributed by atoms with Crippen LogP contribution in [-0.2, 0) is 0 Å². The molecule has 1 aromatic carbocycles. The summed E-state index contributed by atoms with van der Waals surface area (Å²) >= 11 is 4.86. The highest BCUT2D eigenvalue weighted by atomic mass is 79.9. The second kappa shape index (κ2) is 4.99. The van der Waals surface area contributed by atoms with Crippen LogP contribution in [0.5, 0.6) is 5.75 Å². The van der Waals surface area contributed by atoms with Crippen LogP contribution in [0.4, 0.5) is 0 Å². The highest BCUT2D eigenvalue weighted by molar-refractivity contribution is 9.10. The Labute approximate surface area is 107 Å². The summed E-state index contributed by atoms with van der Waals surface area (Å²) in [6, 6.07) is 9.51. The Balaban J connectivity index is 2.24. The normalized spacial score (nSPS) is 12.4. The van der Waals surface area contributed by atoms with E-state index < -0.39 is 6.10 Å². The maximum atomic E-state index is 10.1. The number of aliphatic hydroxyl groups is 1. The Bertz CT molecular complexity index is 464. The highest BCUT2D eigenvalue weighted by Gasteiger charge is 2.12. The van der Waals surface area contributed by atoms with Gasteiger partial charge in [0.15, 0.2) is 0 Å². The van der Waals surface area contributed by atoms with Gasteiger partial charge >= 0.3 is 0 Å². The molecule has 0 saturated carbocycles. The van der Waals surface area contributed by atoms with Gasteiger partial charge in [-0.1, -0.05) is 28.1 Å². The van der Waals surface area contributed by atoms with Crippen molar-refractivity contribution in [3.8, 4) is 5.75 Å². The lowest BCUT2D eigenvalue weighted by Crippen LogP contribution is -1.96. The van der Waals surface area contributed by atoms with Crippen LogP contribution in [0.3, 0.4) is 0 Å². The van der Waals surface area contributed by atoms with Crippen molar-refractivity contribution in [2.75, 3.05) is 7.11 Å². The zero-order chi connectivity index (χ0) is 11.5. The Morgan fingerprint density at radius 1 is 1.31 bits per heavy atom. The lowest BCUT2D eigenvalue weighted by molar-refractivity contribution is 0.224. The van der Waals surface area contributed by atoms with Gasteiger partial charge in [0.05, 0.1) is 7.11 Å². The van der Waals surface area contributed by atoms with Gasteiger partial charge in [0.25, 0.3) is 0 Å². The number of hydrogen-bond acceptors (Lipinski definition) is 3. The van der Waals surface area contributed by atoms with E-state index in [2.05, 4.69) is 15.9 Å². The van der Waals surface area contributed by atoms with Crippen molar-refractivity contribution in [2.45, 2.75) is 6.10 Å². The van der Waals surface area contributed by atoms with E-state index in [0.717, 1.165) is 20.7 Å². The number of ether oxygens (including phenoxy) is 1. The zero-order valence-corrected chi connectivity index (χ0v) is 11.1. The predicted octanol–water partition coefficient (Wildman–Crippen LogP) is 3.60. The number of rotatable bonds is 3. The number of methoxy groups -OCH3 is 1. The lowest BCUT2D eigenvalue weighted by Gasteiger charge is -2.08. The van der Waals surface area contributed by atoms with Gasteiger partial charge in [0.1, 0.15) is 11.9 Å². The van der Waals surface area contributed by atoms with Gasteiger partial charge in [-0.2, -0.15) is 0 Å². The Morgan fingerprint density at radius 2 is 2.00 bits per heavy atom. The quantitative estimate of drug-likeness (QED) is 0.938. The first-order valence-corrected chi connectivity index (χ1v) is 6.44. The largest absolute Gasteiger partial charge is 0.496 e. The number of benzene rings is 1. The van der Waals surface area contributed by atoms with Gasteiger partial charge in [0, 0.05) is 14.7 Å². The van der Waals surface area contributed by atoms with E-state index in [1.54, 1.807) is 7.11 Å². The fourth-order valence-electron chi connectivity index (χ4n) is 1.39. The Kier molecular flexibility index (Phi) is 3.63. The molecule has 0 amide bonds. The van der Waals surface area contributed by atoms with E-state index >= 15 is 0 Å². The van der Waals surface area contributed by atoms with Crippen molar-refractivity contribution >= 4 is 27.3 Å². The van der Waals surface area contributed by atoms with Crippen LogP contribution in [0.1, 0.15) is 16.5 Å². The molecule has 0 bridgehead atoms. The number of hydrogen-bond donors (Lipinski definition) is 1. The SMILES string of the molecule is COc1csc(C(O)c2ccc(Br)cc2)c1. The van der Waals surface area contributed by atoms with E-state index in [1.165, 1.54) is 11.3 Å². The molecule has 1 atom stereocenters. The summed E-state index contributed by atoms with van der Waals surface area (Å²) in [5, 5.41) is 12.0. The smallest absolute Gasteiger partial charge is 0.129 e. The molecule has 1 N–H and O–H groups in total. The van der Waals surface area contributed by atoms with Crippen molar-refractivity contribution in [2.24, 2.45) is 0 Å². The summed E-state index contributed by atoms with van der Waals surface area (Å²) in [6.45, 7) is 0. The molecule has 4 heteroatoms. The van der Waals surface area contributed by atoms with Crippen LogP contribution in [0.15, 0.2) is 40.2 Å². The number of thiophene rings is 1. The second-order valence-corrected chi connectivity index (χ2v) is 5.20. The molecule has 2 rings (SSSR count). The molecule has 0 aliphatic heterocycles. The summed E-state index contributed by atoms with van der Waals surface area (Å²) in [7, 11) is 1.62. The third-order valence-electron chi connectivity index (χ3n) is 2.29. The van der Waals surface area contributed by atoms with Crippen LogP contribution >= 0.6 is 27.3 Å². The molecule has 0 aliphatic carbocycles. The van der Waals surface area contributed by atoms with Crippen molar-refractivity contribution < 1.29 is 9.84 Å². The second-order valence-electron chi connectivity index (χ2n) is 3.34. The Morgan fingerprint density at radius 3 is 2.56 bits per heavy atom. The lowest BCUT2D eigenvalue weighted by atomic mass is 10.1. The molecule has 0 radical (unpaired) electrons. The average Bonchev–Trinajstić information content (AvgIpc) is 2.77. The van der Waals surface area contributed by atoms with E-state index in [4.69, 9.17) is 4.74 Å². The standard InChI is InChI=1S/C12H11BrO2S/c1-15-10-6-11(16-7-10)12(14)8-2-4-9(13)5-3-8/h2-7,12,14H,1H3. The van der Waals surface area contributed by atoms with Crippen LogP contribution in [0, 0.1) is 0 Å². The van der Waals surface area contributed by atoms with Gasteiger partial charge in [-0.3, -0.25) is 0 Å². The van der Waals surface area contributed by atoms with E-state index in [1.807, 2.05) is 35.7 Å².